The van der Waals surface area contributed by atoms with Gasteiger partial charge in [0.2, 0.25) is 5.91 Å². The number of alkyl halides is 1. The second-order valence-corrected chi connectivity index (χ2v) is 6.08. The normalized spacial score (nSPS) is 16.7. The molecule has 0 aliphatic heterocycles. The lowest BCUT2D eigenvalue weighted by atomic mass is 9.89. The first kappa shape index (κ1) is 14.6. The van der Waals surface area contributed by atoms with Crippen molar-refractivity contribution in [3.63, 3.8) is 0 Å². The van der Waals surface area contributed by atoms with E-state index in [2.05, 4.69) is 20.8 Å². The molecule has 1 fully saturated rings. The maximum absolute atomic E-state index is 12.7. The number of amides is 1. The molecule has 1 aromatic rings. The van der Waals surface area contributed by atoms with Crippen molar-refractivity contribution in [3.8, 4) is 0 Å². The molecule has 0 heterocycles. The van der Waals surface area contributed by atoms with Gasteiger partial charge in [-0.1, -0.05) is 46.3 Å². The number of rotatable bonds is 6. The molecule has 1 unspecified atom stereocenters. The fraction of sp³-hybridized carbons (Fsp3) is 0.562. The van der Waals surface area contributed by atoms with Crippen LogP contribution in [0.4, 0.5) is 0 Å². The van der Waals surface area contributed by atoms with E-state index in [1.54, 1.807) is 0 Å². The van der Waals surface area contributed by atoms with Gasteiger partial charge in [0.25, 0.3) is 0 Å². The van der Waals surface area contributed by atoms with Gasteiger partial charge < -0.3 is 4.90 Å². The minimum absolute atomic E-state index is 0.0304. The quantitative estimate of drug-likeness (QED) is 0.726. The molecule has 2 rings (SSSR count). The molecule has 2 nitrogen and oxygen atoms in total. The largest absolute Gasteiger partial charge is 0.339 e. The van der Waals surface area contributed by atoms with Crippen LogP contribution < -0.4 is 0 Å². The first-order chi connectivity index (χ1) is 9.24. The Morgan fingerprint density at radius 3 is 2.58 bits per heavy atom. The first-order valence-electron chi connectivity index (χ1n) is 7.15. The predicted octanol–water partition coefficient (Wildman–Crippen LogP) is 3.96. The van der Waals surface area contributed by atoms with Crippen molar-refractivity contribution < 1.29 is 4.79 Å². The standard InChI is InChI=1S/C16H22BrNO/c1-13(14-7-3-2-4-8-14)16(19)18(12-6-11-17)15-9-5-10-15/h2-4,7-8,13,15H,5-6,9-12H2,1H3. The van der Waals surface area contributed by atoms with Gasteiger partial charge in [0.15, 0.2) is 0 Å². The maximum Gasteiger partial charge on any atom is 0.230 e. The zero-order valence-corrected chi connectivity index (χ0v) is 13.1. The summed E-state index contributed by atoms with van der Waals surface area (Å²) in [5.41, 5.74) is 1.12. The molecule has 0 saturated heterocycles. The molecule has 0 aromatic heterocycles. The molecule has 0 bridgehead atoms. The second-order valence-electron chi connectivity index (χ2n) is 5.29. The molecular weight excluding hydrogens is 302 g/mol. The Morgan fingerprint density at radius 2 is 2.05 bits per heavy atom. The van der Waals surface area contributed by atoms with Crippen LogP contribution in [0.25, 0.3) is 0 Å². The molecule has 1 amide bonds. The van der Waals surface area contributed by atoms with Crippen molar-refractivity contribution >= 4 is 21.8 Å². The summed E-state index contributed by atoms with van der Waals surface area (Å²) >= 11 is 3.46. The van der Waals surface area contributed by atoms with Gasteiger partial charge in [0.1, 0.15) is 0 Å². The Labute approximate surface area is 124 Å². The van der Waals surface area contributed by atoms with Crippen LogP contribution in [-0.4, -0.2) is 28.7 Å². The summed E-state index contributed by atoms with van der Waals surface area (Å²) in [6, 6.07) is 10.6. The summed E-state index contributed by atoms with van der Waals surface area (Å²) < 4.78 is 0. The van der Waals surface area contributed by atoms with Crippen LogP contribution in [0, 0.1) is 0 Å². The highest BCUT2D eigenvalue weighted by atomic mass is 79.9. The van der Waals surface area contributed by atoms with E-state index in [0.717, 1.165) is 23.9 Å². The summed E-state index contributed by atoms with van der Waals surface area (Å²) in [6.45, 7) is 2.91. The smallest absolute Gasteiger partial charge is 0.230 e. The van der Waals surface area contributed by atoms with E-state index in [-0.39, 0.29) is 11.8 Å². The van der Waals surface area contributed by atoms with Crippen LogP contribution in [0.1, 0.15) is 44.1 Å². The first-order valence-corrected chi connectivity index (χ1v) is 8.27. The van der Waals surface area contributed by atoms with Crippen LogP contribution in [0.15, 0.2) is 30.3 Å². The van der Waals surface area contributed by atoms with E-state index >= 15 is 0 Å². The summed E-state index contributed by atoms with van der Waals surface area (Å²) in [5, 5.41) is 0.962. The topological polar surface area (TPSA) is 20.3 Å². The Morgan fingerprint density at radius 1 is 1.37 bits per heavy atom. The monoisotopic (exact) mass is 323 g/mol. The number of hydrogen-bond donors (Lipinski definition) is 0. The maximum atomic E-state index is 12.7. The molecule has 0 spiro atoms. The molecule has 1 aromatic carbocycles. The van der Waals surface area contributed by atoms with E-state index in [9.17, 15) is 4.79 Å². The molecule has 1 saturated carbocycles. The lowest BCUT2D eigenvalue weighted by molar-refractivity contribution is -0.136. The third-order valence-corrected chi connectivity index (χ3v) is 4.56. The van der Waals surface area contributed by atoms with Crippen molar-refractivity contribution in [2.75, 3.05) is 11.9 Å². The SMILES string of the molecule is CC(C(=O)N(CCCBr)C1CCC1)c1ccccc1. The lowest BCUT2D eigenvalue weighted by Crippen LogP contribution is -2.46. The number of carbonyl (C=O) groups excluding carboxylic acids is 1. The minimum Gasteiger partial charge on any atom is -0.339 e. The minimum atomic E-state index is -0.0304. The molecule has 0 radical (unpaired) electrons. The molecule has 1 aliphatic carbocycles. The predicted molar refractivity (Wildman–Crippen MR) is 82.6 cm³/mol. The Balaban J connectivity index is 2.05. The highest BCUT2D eigenvalue weighted by molar-refractivity contribution is 9.09. The molecular formula is C16H22BrNO. The lowest BCUT2D eigenvalue weighted by Gasteiger charge is -2.39. The van der Waals surface area contributed by atoms with Gasteiger partial charge in [-0.3, -0.25) is 4.79 Å². The van der Waals surface area contributed by atoms with Crippen molar-refractivity contribution in [2.45, 2.75) is 44.6 Å². The van der Waals surface area contributed by atoms with E-state index in [4.69, 9.17) is 0 Å². The van der Waals surface area contributed by atoms with Crippen LogP contribution in [0.2, 0.25) is 0 Å². The summed E-state index contributed by atoms with van der Waals surface area (Å²) in [7, 11) is 0. The van der Waals surface area contributed by atoms with Crippen molar-refractivity contribution in [3.05, 3.63) is 35.9 Å². The second kappa shape index (κ2) is 7.09. The zero-order chi connectivity index (χ0) is 13.7. The van der Waals surface area contributed by atoms with E-state index < -0.39 is 0 Å². The Bertz CT molecular complexity index is 402. The third-order valence-electron chi connectivity index (χ3n) is 4.00. The van der Waals surface area contributed by atoms with Gasteiger partial charge in [-0.2, -0.15) is 0 Å². The van der Waals surface area contributed by atoms with Crippen LogP contribution in [-0.2, 0) is 4.79 Å². The van der Waals surface area contributed by atoms with Gasteiger partial charge >= 0.3 is 0 Å². The van der Waals surface area contributed by atoms with Crippen molar-refractivity contribution in [2.24, 2.45) is 0 Å². The van der Waals surface area contributed by atoms with E-state index in [1.165, 1.54) is 19.3 Å². The van der Waals surface area contributed by atoms with Gasteiger partial charge in [-0.15, -0.1) is 0 Å². The van der Waals surface area contributed by atoms with E-state index in [0.29, 0.717) is 6.04 Å². The van der Waals surface area contributed by atoms with Gasteiger partial charge in [-0.25, -0.2) is 0 Å². The molecule has 1 atom stereocenters. The van der Waals surface area contributed by atoms with Crippen LogP contribution in [0.5, 0.6) is 0 Å². The summed E-state index contributed by atoms with van der Waals surface area (Å²) in [6.07, 6.45) is 4.65. The average molecular weight is 324 g/mol. The van der Waals surface area contributed by atoms with Crippen molar-refractivity contribution in [1.82, 2.24) is 4.90 Å². The highest BCUT2D eigenvalue weighted by Crippen LogP contribution is 2.28. The molecule has 0 N–H and O–H groups in total. The summed E-state index contributed by atoms with van der Waals surface area (Å²) in [4.78, 5) is 14.8. The Kier molecular flexibility index (Phi) is 5.44. The van der Waals surface area contributed by atoms with Gasteiger partial charge in [-0.05, 0) is 38.2 Å². The van der Waals surface area contributed by atoms with Crippen LogP contribution in [0.3, 0.4) is 0 Å². The van der Waals surface area contributed by atoms with Crippen LogP contribution >= 0.6 is 15.9 Å². The summed E-state index contributed by atoms with van der Waals surface area (Å²) in [5.74, 6) is 0.258. The number of benzene rings is 1. The van der Waals surface area contributed by atoms with E-state index in [1.807, 2.05) is 37.3 Å². The number of nitrogens with zero attached hydrogens (tertiary/aromatic N) is 1. The Hall–Kier alpha value is -0.830. The van der Waals surface area contributed by atoms with Gasteiger partial charge in [0, 0.05) is 17.9 Å². The number of hydrogen-bond acceptors (Lipinski definition) is 1. The number of halogens is 1. The average Bonchev–Trinajstić information content (AvgIpc) is 2.40. The number of carbonyl (C=O) groups is 1. The van der Waals surface area contributed by atoms with Gasteiger partial charge in [0.05, 0.1) is 5.92 Å². The highest BCUT2D eigenvalue weighted by Gasteiger charge is 2.31. The fourth-order valence-electron chi connectivity index (χ4n) is 2.53. The third kappa shape index (κ3) is 3.59. The van der Waals surface area contributed by atoms with Crippen molar-refractivity contribution in [1.29, 1.82) is 0 Å². The fourth-order valence-corrected chi connectivity index (χ4v) is 2.78. The molecule has 19 heavy (non-hydrogen) atoms. The molecule has 104 valence electrons. The zero-order valence-electron chi connectivity index (χ0n) is 11.5. The molecule has 3 heteroatoms. The molecule has 1 aliphatic rings.